The smallest absolute Gasteiger partial charge is 0.337 e. The monoisotopic (exact) mass is 347 g/mol. The van der Waals surface area contributed by atoms with Crippen molar-refractivity contribution in [1.29, 1.82) is 0 Å². The fraction of sp³-hybridized carbons (Fsp3) is 0.294. The highest BCUT2D eigenvalue weighted by atomic mass is 19.1. The molecule has 0 saturated carbocycles. The third kappa shape index (κ3) is 4.50. The molecule has 2 rings (SSSR count). The van der Waals surface area contributed by atoms with Crippen LogP contribution in [0.15, 0.2) is 23.0 Å². The SMILES string of the molecule is COC(=O)c1ccc(F)c(NC(=O)CCc2c(C)nc(C)[nH]c2=O)c1. The number of carbonyl (C=O) groups excluding carboxylic acids is 2. The predicted molar refractivity (Wildman–Crippen MR) is 89.0 cm³/mol. The Morgan fingerprint density at radius 1 is 1.32 bits per heavy atom. The number of aromatic nitrogens is 2. The molecule has 2 aromatic rings. The summed E-state index contributed by atoms with van der Waals surface area (Å²) in [5.41, 5.74) is 0.656. The molecule has 1 aromatic carbocycles. The van der Waals surface area contributed by atoms with Gasteiger partial charge in [-0.15, -0.1) is 0 Å². The number of esters is 1. The Hall–Kier alpha value is -3.03. The number of nitrogens with zero attached hydrogens (tertiary/aromatic N) is 1. The van der Waals surface area contributed by atoms with Gasteiger partial charge in [-0.05, 0) is 38.5 Å². The van der Waals surface area contributed by atoms with Gasteiger partial charge in [0.25, 0.3) is 5.56 Å². The number of halogens is 1. The zero-order valence-electron chi connectivity index (χ0n) is 14.1. The average molecular weight is 347 g/mol. The van der Waals surface area contributed by atoms with Crippen LogP contribution in [0, 0.1) is 19.7 Å². The number of benzene rings is 1. The van der Waals surface area contributed by atoms with E-state index in [-0.39, 0.29) is 29.7 Å². The van der Waals surface area contributed by atoms with E-state index in [9.17, 15) is 18.8 Å². The van der Waals surface area contributed by atoms with Crippen molar-refractivity contribution in [3.05, 3.63) is 57.0 Å². The molecule has 0 atom stereocenters. The molecule has 2 N–H and O–H groups in total. The Morgan fingerprint density at radius 2 is 2.04 bits per heavy atom. The van der Waals surface area contributed by atoms with E-state index in [0.29, 0.717) is 17.1 Å². The minimum Gasteiger partial charge on any atom is -0.465 e. The number of hydrogen-bond donors (Lipinski definition) is 2. The molecule has 0 aliphatic carbocycles. The van der Waals surface area contributed by atoms with E-state index in [0.717, 1.165) is 6.07 Å². The van der Waals surface area contributed by atoms with Crippen LogP contribution in [0.3, 0.4) is 0 Å². The van der Waals surface area contributed by atoms with Gasteiger partial charge < -0.3 is 15.0 Å². The molecule has 0 fully saturated rings. The van der Waals surface area contributed by atoms with Crippen molar-refractivity contribution >= 4 is 17.6 Å². The van der Waals surface area contributed by atoms with Crippen molar-refractivity contribution in [1.82, 2.24) is 9.97 Å². The fourth-order valence-electron chi connectivity index (χ4n) is 2.36. The van der Waals surface area contributed by atoms with Gasteiger partial charge in [0.2, 0.25) is 5.91 Å². The largest absolute Gasteiger partial charge is 0.465 e. The second kappa shape index (κ2) is 7.69. The molecule has 0 spiro atoms. The van der Waals surface area contributed by atoms with Gasteiger partial charge >= 0.3 is 5.97 Å². The highest BCUT2D eigenvalue weighted by Crippen LogP contribution is 2.17. The van der Waals surface area contributed by atoms with E-state index in [2.05, 4.69) is 20.0 Å². The molecule has 0 bridgehead atoms. The van der Waals surface area contributed by atoms with Crippen molar-refractivity contribution in [2.24, 2.45) is 0 Å². The fourth-order valence-corrected chi connectivity index (χ4v) is 2.36. The molecule has 132 valence electrons. The average Bonchev–Trinajstić information content (AvgIpc) is 2.55. The molecule has 7 nitrogen and oxygen atoms in total. The lowest BCUT2D eigenvalue weighted by atomic mass is 10.1. The number of nitrogens with one attached hydrogen (secondary N) is 2. The van der Waals surface area contributed by atoms with Crippen molar-refractivity contribution in [3.63, 3.8) is 0 Å². The van der Waals surface area contributed by atoms with Crippen LogP contribution in [-0.4, -0.2) is 29.0 Å². The first-order valence-corrected chi connectivity index (χ1v) is 7.56. The van der Waals surface area contributed by atoms with E-state index in [4.69, 9.17) is 0 Å². The third-order valence-electron chi connectivity index (χ3n) is 3.60. The lowest BCUT2D eigenvalue weighted by Gasteiger charge is -2.09. The molecule has 0 aliphatic heterocycles. The quantitative estimate of drug-likeness (QED) is 0.804. The maximum Gasteiger partial charge on any atom is 0.337 e. The first-order chi connectivity index (χ1) is 11.8. The number of hydrogen-bond acceptors (Lipinski definition) is 5. The molecule has 1 aromatic heterocycles. The second-order valence-corrected chi connectivity index (χ2v) is 5.45. The molecule has 0 aliphatic rings. The zero-order chi connectivity index (χ0) is 18.6. The van der Waals surface area contributed by atoms with Crippen LogP contribution in [0.1, 0.15) is 33.9 Å². The van der Waals surface area contributed by atoms with Gasteiger partial charge in [0, 0.05) is 17.7 Å². The van der Waals surface area contributed by atoms with Crippen LogP contribution in [0.25, 0.3) is 0 Å². The maximum atomic E-state index is 13.8. The second-order valence-electron chi connectivity index (χ2n) is 5.45. The first-order valence-electron chi connectivity index (χ1n) is 7.56. The zero-order valence-corrected chi connectivity index (χ0v) is 14.1. The minimum atomic E-state index is -0.674. The molecular weight excluding hydrogens is 329 g/mol. The molecule has 0 saturated heterocycles. The van der Waals surface area contributed by atoms with Crippen molar-refractivity contribution < 1.29 is 18.7 Å². The number of aromatic amines is 1. The van der Waals surface area contributed by atoms with Crippen LogP contribution in [0.2, 0.25) is 0 Å². The number of anilines is 1. The topological polar surface area (TPSA) is 101 Å². The Kier molecular flexibility index (Phi) is 5.63. The summed E-state index contributed by atoms with van der Waals surface area (Å²) in [4.78, 5) is 42.2. The number of H-pyrrole nitrogens is 1. The standard InChI is InChI=1S/C17H18FN3O4/c1-9-12(16(23)20-10(2)19-9)5-7-15(22)21-14-8-11(17(24)25-3)4-6-13(14)18/h4,6,8H,5,7H2,1-3H3,(H,21,22)(H,19,20,23). The molecular formula is C17H18FN3O4. The summed E-state index contributed by atoms with van der Waals surface area (Å²) >= 11 is 0. The van der Waals surface area contributed by atoms with Crippen LogP contribution < -0.4 is 10.9 Å². The molecule has 8 heteroatoms. The van der Waals surface area contributed by atoms with E-state index in [1.165, 1.54) is 19.2 Å². The van der Waals surface area contributed by atoms with E-state index < -0.39 is 17.7 Å². The molecule has 1 heterocycles. The Morgan fingerprint density at radius 3 is 2.68 bits per heavy atom. The van der Waals surface area contributed by atoms with Crippen LogP contribution in [0.5, 0.6) is 0 Å². The van der Waals surface area contributed by atoms with E-state index >= 15 is 0 Å². The summed E-state index contributed by atoms with van der Waals surface area (Å²) in [7, 11) is 1.21. The van der Waals surface area contributed by atoms with Crippen LogP contribution in [0.4, 0.5) is 10.1 Å². The third-order valence-corrected chi connectivity index (χ3v) is 3.60. The Labute approximate surface area is 143 Å². The van der Waals surface area contributed by atoms with Crippen molar-refractivity contribution in [3.8, 4) is 0 Å². The van der Waals surface area contributed by atoms with Gasteiger partial charge in [0.1, 0.15) is 11.6 Å². The normalized spacial score (nSPS) is 10.4. The lowest BCUT2D eigenvalue weighted by Crippen LogP contribution is -2.20. The highest BCUT2D eigenvalue weighted by molar-refractivity contribution is 5.94. The summed E-state index contributed by atoms with van der Waals surface area (Å²) in [5, 5.41) is 2.40. The van der Waals surface area contributed by atoms with Gasteiger partial charge in [-0.3, -0.25) is 9.59 Å². The van der Waals surface area contributed by atoms with Gasteiger partial charge in [0.15, 0.2) is 0 Å². The van der Waals surface area contributed by atoms with Gasteiger partial charge in [-0.2, -0.15) is 0 Å². The molecule has 0 radical (unpaired) electrons. The maximum absolute atomic E-state index is 13.8. The summed E-state index contributed by atoms with van der Waals surface area (Å²) < 4.78 is 18.4. The summed E-state index contributed by atoms with van der Waals surface area (Å²) in [5.74, 6) is -1.30. The van der Waals surface area contributed by atoms with Crippen molar-refractivity contribution in [2.75, 3.05) is 12.4 Å². The van der Waals surface area contributed by atoms with Crippen molar-refractivity contribution in [2.45, 2.75) is 26.7 Å². The number of carbonyl (C=O) groups is 2. The van der Waals surface area contributed by atoms with Gasteiger partial charge in [-0.25, -0.2) is 14.2 Å². The van der Waals surface area contributed by atoms with Crippen LogP contribution in [-0.2, 0) is 16.0 Å². The number of ether oxygens (including phenoxy) is 1. The lowest BCUT2D eigenvalue weighted by molar-refractivity contribution is -0.116. The molecule has 0 unspecified atom stereocenters. The van der Waals surface area contributed by atoms with E-state index in [1.807, 2.05) is 0 Å². The van der Waals surface area contributed by atoms with Gasteiger partial charge in [0.05, 0.1) is 18.4 Å². The van der Waals surface area contributed by atoms with E-state index in [1.54, 1.807) is 13.8 Å². The molecule has 25 heavy (non-hydrogen) atoms. The summed E-state index contributed by atoms with van der Waals surface area (Å²) in [6, 6.07) is 3.53. The summed E-state index contributed by atoms with van der Waals surface area (Å²) in [6.45, 7) is 3.36. The highest BCUT2D eigenvalue weighted by Gasteiger charge is 2.14. The number of methoxy groups -OCH3 is 1. The summed E-state index contributed by atoms with van der Waals surface area (Å²) in [6.07, 6.45) is 0.134. The minimum absolute atomic E-state index is 0.0312. The van der Waals surface area contributed by atoms with Gasteiger partial charge in [-0.1, -0.05) is 0 Å². The number of aryl methyl sites for hydroxylation is 2. The van der Waals surface area contributed by atoms with Crippen LogP contribution >= 0.6 is 0 Å². The molecule has 1 amide bonds. The Balaban J connectivity index is 2.09. The number of amides is 1. The predicted octanol–water partition coefficient (Wildman–Crippen LogP) is 1.88. The first kappa shape index (κ1) is 18.3. The Bertz CT molecular complexity index is 877. The number of rotatable bonds is 5.